The van der Waals surface area contributed by atoms with Gasteiger partial charge in [-0.3, -0.25) is 0 Å². The summed E-state index contributed by atoms with van der Waals surface area (Å²) in [6, 6.07) is 2.25. The zero-order chi connectivity index (χ0) is 14.4. The molecule has 5 nitrogen and oxygen atoms in total. The number of rotatable bonds is 6. The number of nitrogens with zero attached hydrogens (tertiary/aromatic N) is 3. The van der Waals surface area contributed by atoms with Gasteiger partial charge < -0.3 is 15.4 Å². The molecule has 1 aromatic heterocycles. The van der Waals surface area contributed by atoms with Crippen molar-refractivity contribution in [3.05, 3.63) is 12.3 Å². The SMILES string of the molecule is CCCOc1ccnc(N(C)C2CCCCC2CN)n1. The second kappa shape index (κ2) is 7.43. The van der Waals surface area contributed by atoms with Gasteiger partial charge in [-0.1, -0.05) is 19.8 Å². The summed E-state index contributed by atoms with van der Waals surface area (Å²) in [5.41, 5.74) is 5.91. The van der Waals surface area contributed by atoms with Gasteiger partial charge in [0.05, 0.1) is 6.61 Å². The minimum Gasteiger partial charge on any atom is -0.478 e. The molecular weight excluding hydrogens is 252 g/mol. The minimum absolute atomic E-state index is 0.440. The normalized spacial score (nSPS) is 22.6. The van der Waals surface area contributed by atoms with E-state index in [0.29, 0.717) is 24.4 Å². The largest absolute Gasteiger partial charge is 0.478 e. The van der Waals surface area contributed by atoms with Gasteiger partial charge in [-0.05, 0) is 31.7 Å². The molecule has 1 fully saturated rings. The lowest BCUT2D eigenvalue weighted by Gasteiger charge is -2.37. The first-order valence-corrected chi connectivity index (χ1v) is 7.65. The van der Waals surface area contributed by atoms with Crippen LogP contribution in [-0.2, 0) is 0 Å². The van der Waals surface area contributed by atoms with E-state index in [0.717, 1.165) is 18.9 Å². The van der Waals surface area contributed by atoms with Crippen molar-refractivity contribution in [2.24, 2.45) is 11.7 Å². The molecule has 2 unspecified atom stereocenters. The van der Waals surface area contributed by atoms with Gasteiger partial charge in [-0.2, -0.15) is 4.98 Å². The zero-order valence-corrected chi connectivity index (χ0v) is 12.6. The molecule has 20 heavy (non-hydrogen) atoms. The van der Waals surface area contributed by atoms with Crippen LogP contribution in [0.5, 0.6) is 5.88 Å². The Morgan fingerprint density at radius 1 is 1.40 bits per heavy atom. The Bertz CT molecular complexity index is 413. The molecule has 0 bridgehead atoms. The summed E-state index contributed by atoms with van der Waals surface area (Å²) in [7, 11) is 2.07. The maximum atomic E-state index is 5.91. The summed E-state index contributed by atoms with van der Waals surface area (Å²) < 4.78 is 5.58. The van der Waals surface area contributed by atoms with Gasteiger partial charge >= 0.3 is 0 Å². The summed E-state index contributed by atoms with van der Waals surface area (Å²) in [5, 5.41) is 0. The first-order valence-electron chi connectivity index (χ1n) is 7.65. The first-order chi connectivity index (χ1) is 9.76. The van der Waals surface area contributed by atoms with Crippen LogP contribution in [0.2, 0.25) is 0 Å². The van der Waals surface area contributed by atoms with E-state index in [2.05, 4.69) is 28.8 Å². The number of anilines is 1. The summed E-state index contributed by atoms with van der Waals surface area (Å²) in [6.07, 6.45) is 7.67. The maximum Gasteiger partial charge on any atom is 0.228 e. The molecule has 2 rings (SSSR count). The van der Waals surface area contributed by atoms with E-state index < -0.39 is 0 Å². The van der Waals surface area contributed by atoms with Crippen molar-refractivity contribution in [3.8, 4) is 5.88 Å². The molecule has 2 atom stereocenters. The highest BCUT2D eigenvalue weighted by molar-refractivity contribution is 5.33. The molecule has 1 heterocycles. The Balaban J connectivity index is 2.08. The van der Waals surface area contributed by atoms with Crippen LogP contribution in [-0.4, -0.2) is 36.2 Å². The quantitative estimate of drug-likeness (QED) is 0.864. The standard InChI is InChI=1S/C15H26N4O/c1-3-10-20-14-8-9-17-15(18-14)19(2)13-7-5-4-6-12(13)11-16/h8-9,12-13H,3-7,10-11,16H2,1-2H3. The van der Waals surface area contributed by atoms with Gasteiger partial charge in [0.25, 0.3) is 0 Å². The van der Waals surface area contributed by atoms with Crippen LogP contribution in [0, 0.1) is 5.92 Å². The Hall–Kier alpha value is -1.36. The van der Waals surface area contributed by atoms with E-state index in [4.69, 9.17) is 10.5 Å². The summed E-state index contributed by atoms with van der Waals surface area (Å²) in [6.45, 7) is 3.51. The summed E-state index contributed by atoms with van der Waals surface area (Å²) in [4.78, 5) is 11.1. The van der Waals surface area contributed by atoms with Crippen LogP contribution in [0.1, 0.15) is 39.0 Å². The molecule has 0 aliphatic heterocycles. The van der Waals surface area contributed by atoms with Crippen molar-refractivity contribution >= 4 is 5.95 Å². The molecule has 1 saturated carbocycles. The third-order valence-corrected chi connectivity index (χ3v) is 4.06. The molecule has 1 aromatic rings. The lowest BCUT2D eigenvalue weighted by atomic mass is 9.84. The van der Waals surface area contributed by atoms with Crippen molar-refractivity contribution in [3.63, 3.8) is 0 Å². The Morgan fingerprint density at radius 3 is 2.95 bits per heavy atom. The lowest BCUT2D eigenvalue weighted by Crippen LogP contribution is -2.43. The van der Waals surface area contributed by atoms with Gasteiger partial charge in [-0.25, -0.2) is 4.98 Å². The molecule has 112 valence electrons. The first kappa shape index (κ1) is 15.0. The Labute approximate surface area is 121 Å². The topological polar surface area (TPSA) is 64.3 Å². The van der Waals surface area contributed by atoms with Crippen molar-refractivity contribution in [2.45, 2.75) is 45.1 Å². The molecule has 2 N–H and O–H groups in total. The fourth-order valence-electron chi connectivity index (χ4n) is 2.91. The van der Waals surface area contributed by atoms with Gasteiger partial charge in [0.15, 0.2) is 0 Å². The van der Waals surface area contributed by atoms with Crippen LogP contribution in [0.4, 0.5) is 5.95 Å². The number of hydrogen-bond acceptors (Lipinski definition) is 5. The molecule has 0 spiro atoms. The molecule has 0 aromatic carbocycles. The van der Waals surface area contributed by atoms with Gasteiger partial charge in [0.2, 0.25) is 11.8 Å². The Morgan fingerprint density at radius 2 is 2.20 bits per heavy atom. The van der Waals surface area contributed by atoms with E-state index in [9.17, 15) is 0 Å². The third-order valence-electron chi connectivity index (χ3n) is 4.06. The van der Waals surface area contributed by atoms with E-state index in [1.54, 1.807) is 6.20 Å². The van der Waals surface area contributed by atoms with Crippen LogP contribution >= 0.6 is 0 Å². The second-order valence-corrected chi connectivity index (χ2v) is 5.50. The number of ether oxygens (including phenoxy) is 1. The van der Waals surface area contributed by atoms with E-state index >= 15 is 0 Å². The molecule has 1 aliphatic carbocycles. The summed E-state index contributed by atoms with van der Waals surface area (Å²) >= 11 is 0. The highest BCUT2D eigenvalue weighted by Gasteiger charge is 2.28. The van der Waals surface area contributed by atoms with Gasteiger partial charge in [0.1, 0.15) is 0 Å². The average molecular weight is 278 g/mol. The highest BCUT2D eigenvalue weighted by Crippen LogP contribution is 2.29. The van der Waals surface area contributed by atoms with E-state index in [-0.39, 0.29) is 0 Å². The predicted octanol–water partition coefficient (Wildman–Crippen LogP) is 2.22. The lowest BCUT2D eigenvalue weighted by molar-refractivity contribution is 0.296. The molecule has 0 amide bonds. The fraction of sp³-hybridized carbons (Fsp3) is 0.733. The third kappa shape index (κ3) is 3.60. The van der Waals surface area contributed by atoms with E-state index in [1.165, 1.54) is 25.7 Å². The van der Waals surface area contributed by atoms with Crippen molar-refractivity contribution < 1.29 is 4.74 Å². The van der Waals surface area contributed by atoms with Crippen molar-refractivity contribution in [2.75, 3.05) is 25.1 Å². The van der Waals surface area contributed by atoms with E-state index in [1.807, 2.05) is 6.07 Å². The average Bonchev–Trinajstić information content (AvgIpc) is 2.52. The fourth-order valence-corrected chi connectivity index (χ4v) is 2.91. The van der Waals surface area contributed by atoms with Crippen LogP contribution in [0.15, 0.2) is 12.3 Å². The molecule has 0 radical (unpaired) electrons. The van der Waals surface area contributed by atoms with Gasteiger partial charge in [-0.15, -0.1) is 0 Å². The highest BCUT2D eigenvalue weighted by atomic mass is 16.5. The molecule has 0 saturated heterocycles. The van der Waals surface area contributed by atoms with Crippen LogP contribution in [0.3, 0.4) is 0 Å². The molecule has 1 aliphatic rings. The molecular formula is C15H26N4O. The Kier molecular flexibility index (Phi) is 5.59. The van der Waals surface area contributed by atoms with Gasteiger partial charge in [0, 0.05) is 25.4 Å². The van der Waals surface area contributed by atoms with Crippen LogP contribution < -0.4 is 15.4 Å². The minimum atomic E-state index is 0.440. The number of aromatic nitrogens is 2. The summed E-state index contributed by atoms with van der Waals surface area (Å²) in [5.74, 6) is 1.94. The predicted molar refractivity (Wildman–Crippen MR) is 81.0 cm³/mol. The molecule has 5 heteroatoms. The second-order valence-electron chi connectivity index (χ2n) is 5.50. The smallest absolute Gasteiger partial charge is 0.228 e. The zero-order valence-electron chi connectivity index (χ0n) is 12.6. The maximum absolute atomic E-state index is 5.91. The van der Waals surface area contributed by atoms with Crippen LogP contribution in [0.25, 0.3) is 0 Å². The monoisotopic (exact) mass is 278 g/mol. The van der Waals surface area contributed by atoms with Crippen molar-refractivity contribution in [1.82, 2.24) is 9.97 Å². The van der Waals surface area contributed by atoms with Crippen molar-refractivity contribution in [1.29, 1.82) is 0 Å². The number of nitrogens with two attached hydrogens (primary N) is 1. The number of hydrogen-bond donors (Lipinski definition) is 1.